The van der Waals surface area contributed by atoms with Crippen molar-refractivity contribution < 1.29 is 29.0 Å². The number of carbonyl (C=O) groups excluding carboxylic acids is 2. The Morgan fingerprint density at radius 2 is 1.20 bits per heavy atom. The van der Waals surface area contributed by atoms with Gasteiger partial charge in [-0.25, -0.2) is 0 Å². The van der Waals surface area contributed by atoms with Crippen molar-refractivity contribution >= 4 is 35.1 Å². The molecule has 0 aliphatic heterocycles. The number of carbonyl (C=O) groups is 3. The first-order valence-electron chi connectivity index (χ1n) is 15.7. The summed E-state index contributed by atoms with van der Waals surface area (Å²) in [5.74, 6) is 0.0111. The number of carboxylic acids is 1. The first kappa shape index (κ1) is 33.5. The molecule has 0 saturated carbocycles. The van der Waals surface area contributed by atoms with Crippen molar-refractivity contribution in [1.29, 1.82) is 0 Å². The molecule has 0 heterocycles. The third-order valence-electron chi connectivity index (χ3n) is 7.74. The molecule has 3 N–H and O–H groups in total. The van der Waals surface area contributed by atoms with E-state index in [0.29, 0.717) is 28.6 Å². The van der Waals surface area contributed by atoms with Crippen molar-refractivity contribution in [2.45, 2.75) is 12.5 Å². The highest BCUT2D eigenvalue weighted by molar-refractivity contribution is 6.31. The standard InChI is InChI=1S/C41H31ClN2O6/c42-29-23-24-35(43-40(47)33-16-8-10-18-38(33)50-31-13-5-2-6-14-31)34(25-29)41(48)44-36(26-39(45)46)28-21-19-27(20-22-28)32-15-7-9-17-37(32)49-30-11-3-1-4-12-30/h1-25,36H,26H2,(H,43,47)(H,44,48)(H,45,46). The fraction of sp³-hybridized carbons (Fsp3) is 0.0488. The van der Waals surface area contributed by atoms with E-state index in [0.717, 1.165) is 11.1 Å². The minimum atomic E-state index is -1.10. The van der Waals surface area contributed by atoms with Crippen LogP contribution in [0.15, 0.2) is 152 Å². The topological polar surface area (TPSA) is 114 Å². The number of hydrogen-bond acceptors (Lipinski definition) is 5. The Balaban J connectivity index is 1.22. The number of nitrogens with one attached hydrogen (secondary N) is 2. The van der Waals surface area contributed by atoms with Crippen molar-refractivity contribution in [3.63, 3.8) is 0 Å². The lowest BCUT2D eigenvalue weighted by atomic mass is 9.98. The SMILES string of the molecule is O=C(O)CC(NC(=O)c1cc(Cl)ccc1NC(=O)c1ccccc1Oc1ccccc1)c1ccc(-c2ccccc2Oc2ccccc2)cc1. The summed E-state index contributed by atoms with van der Waals surface area (Å²) < 4.78 is 12.1. The second-order valence-corrected chi connectivity index (χ2v) is 11.6. The normalized spacial score (nSPS) is 11.2. The van der Waals surface area contributed by atoms with Crippen LogP contribution in [0, 0.1) is 0 Å². The summed E-state index contributed by atoms with van der Waals surface area (Å²) in [6.07, 6.45) is -0.384. The van der Waals surface area contributed by atoms with Gasteiger partial charge in [0, 0.05) is 10.6 Å². The van der Waals surface area contributed by atoms with Gasteiger partial charge in [-0.1, -0.05) is 103 Å². The van der Waals surface area contributed by atoms with E-state index in [1.165, 1.54) is 12.1 Å². The number of ether oxygens (including phenoxy) is 2. The Morgan fingerprint density at radius 1 is 0.620 bits per heavy atom. The molecule has 0 spiro atoms. The van der Waals surface area contributed by atoms with Crippen LogP contribution in [0.25, 0.3) is 11.1 Å². The lowest BCUT2D eigenvalue weighted by Gasteiger charge is -2.20. The zero-order valence-electron chi connectivity index (χ0n) is 26.6. The Bertz CT molecular complexity index is 2120. The van der Waals surface area contributed by atoms with Crippen molar-refractivity contribution in [2.75, 3.05) is 5.32 Å². The number of para-hydroxylation sites is 4. The van der Waals surface area contributed by atoms with E-state index < -0.39 is 23.8 Å². The maximum atomic E-state index is 13.8. The largest absolute Gasteiger partial charge is 0.481 e. The second-order valence-electron chi connectivity index (χ2n) is 11.2. The molecule has 1 atom stereocenters. The first-order chi connectivity index (χ1) is 24.3. The van der Waals surface area contributed by atoms with E-state index >= 15 is 0 Å². The van der Waals surface area contributed by atoms with Gasteiger partial charge in [0.1, 0.15) is 23.0 Å². The molecule has 0 aromatic heterocycles. The molecule has 0 radical (unpaired) electrons. The molecular formula is C41H31ClN2O6. The molecule has 0 aliphatic rings. The van der Waals surface area contributed by atoms with Crippen LogP contribution in [0.5, 0.6) is 23.0 Å². The first-order valence-corrected chi connectivity index (χ1v) is 16.1. The van der Waals surface area contributed by atoms with E-state index in [2.05, 4.69) is 10.6 Å². The highest BCUT2D eigenvalue weighted by Gasteiger charge is 2.23. The van der Waals surface area contributed by atoms with Crippen LogP contribution in [0.4, 0.5) is 5.69 Å². The number of hydrogen-bond donors (Lipinski definition) is 3. The number of carboxylic acid groups (broad SMARTS) is 1. The molecule has 50 heavy (non-hydrogen) atoms. The van der Waals surface area contributed by atoms with Gasteiger partial charge in [-0.15, -0.1) is 0 Å². The molecule has 0 bridgehead atoms. The third-order valence-corrected chi connectivity index (χ3v) is 7.98. The lowest BCUT2D eigenvalue weighted by Crippen LogP contribution is -2.31. The van der Waals surface area contributed by atoms with Crippen LogP contribution in [0.2, 0.25) is 5.02 Å². The van der Waals surface area contributed by atoms with Gasteiger partial charge in [-0.2, -0.15) is 0 Å². The molecule has 0 saturated heterocycles. The summed E-state index contributed by atoms with van der Waals surface area (Å²) in [5, 5.41) is 15.6. The predicted octanol–water partition coefficient (Wildman–Crippen LogP) is 9.79. The van der Waals surface area contributed by atoms with Crippen molar-refractivity contribution in [3.05, 3.63) is 173 Å². The summed E-state index contributed by atoms with van der Waals surface area (Å²) in [4.78, 5) is 39.2. The van der Waals surface area contributed by atoms with E-state index in [9.17, 15) is 19.5 Å². The Kier molecular flexibility index (Phi) is 10.5. The van der Waals surface area contributed by atoms with Gasteiger partial charge in [-0.05, 0) is 71.8 Å². The number of amides is 2. The average Bonchev–Trinajstić information content (AvgIpc) is 3.13. The number of rotatable bonds is 12. The van der Waals surface area contributed by atoms with E-state index in [1.807, 2.05) is 84.9 Å². The van der Waals surface area contributed by atoms with Gasteiger partial charge in [0.05, 0.1) is 29.3 Å². The highest BCUT2D eigenvalue weighted by Crippen LogP contribution is 2.34. The highest BCUT2D eigenvalue weighted by atomic mass is 35.5. The van der Waals surface area contributed by atoms with Gasteiger partial charge in [-0.3, -0.25) is 14.4 Å². The monoisotopic (exact) mass is 682 g/mol. The minimum absolute atomic E-state index is 0.0614. The molecule has 6 aromatic carbocycles. The van der Waals surface area contributed by atoms with Crippen LogP contribution < -0.4 is 20.1 Å². The maximum absolute atomic E-state index is 13.8. The quantitative estimate of drug-likeness (QED) is 0.118. The fourth-order valence-corrected chi connectivity index (χ4v) is 5.50. The molecule has 0 fully saturated rings. The van der Waals surface area contributed by atoms with Crippen LogP contribution >= 0.6 is 11.6 Å². The molecule has 6 rings (SSSR count). The summed E-state index contributed by atoms with van der Waals surface area (Å²) in [6.45, 7) is 0. The third kappa shape index (κ3) is 8.36. The molecular weight excluding hydrogens is 652 g/mol. The molecule has 0 aliphatic carbocycles. The average molecular weight is 683 g/mol. The van der Waals surface area contributed by atoms with E-state index in [4.69, 9.17) is 21.1 Å². The lowest BCUT2D eigenvalue weighted by molar-refractivity contribution is -0.137. The fourth-order valence-electron chi connectivity index (χ4n) is 5.33. The predicted molar refractivity (Wildman–Crippen MR) is 193 cm³/mol. The van der Waals surface area contributed by atoms with Crippen molar-refractivity contribution in [3.8, 4) is 34.1 Å². The minimum Gasteiger partial charge on any atom is -0.481 e. The molecule has 2 amide bonds. The summed E-state index contributed by atoms with van der Waals surface area (Å²) in [5.41, 5.74) is 2.76. The van der Waals surface area contributed by atoms with E-state index in [1.54, 1.807) is 54.6 Å². The van der Waals surface area contributed by atoms with Crippen molar-refractivity contribution in [1.82, 2.24) is 5.32 Å². The second kappa shape index (κ2) is 15.7. The van der Waals surface area contributed by atoms with E-state index in [-0.39, 0.29) is 28.3 Å². The molecule has 248 valence electrons. The number of aliphatic carboxylic acids is 1. The number of benzene rings is 6. The van der Waals surface area contributed by atoms with Gasteiger partial charge in [0.15, 0.2) is 0 Å². The molecule has 6 aromatic rings. The molecule has 1 unspecified atom stereocenters. The zero-order valence-corrected chi connectivity index (χ0v) is 27.3. The van der Waals surface area contributed by atoms with Crippen LogP contribution in [0.3, 0.4) is 0 Å². The van der Waals surface area contributed by atoms with Gasteiger partial charge in [0.2, 0.25) is 0 Å². The Hall–Kier alpha value is -6.38. The Morgan fingerprint density at radius 3 is 1.86 bits per heavy atom. The van der Waals surface area contributed by atoms with Gasteiger partial charge >= 0.3 is 5.97 Å². The maximum Gasteiger partial charge on any atom is 0.305 e. The van der Waals surface area contributed by atoms with Crippen molar-refractivity contribution in [2.24, 2.45) is 0 Å². The van der Waals surface area contributed by atoms with Crippen LogP contribution in [0.1, 0.15) is 38.7 Å². The molecule has 9 heteroatoms. The molecule has 8 nitrogen and oxygen atoms in total. The summed E-state index contributed by atoms with van der Waals surface area (Å²) in [6, 6.07) is 43.7. The van der Waals surface area contributed by atoms with Gasteiger partial charge in [0.25, 0.3) is 11.8 Å². The Labute approximate surface area is 293 Å². The number of halogens is 1. The van der Waals surface area contributed by atoms with Gasteiger partial charge < -0.3 is 25.2 Å². The summed E-state index contributed by atoms with van der Waals surface area (Å²) in [7, 11) is 0. The smallest absolute Gasteiger partial charge is 0.305 e. The van der Waals surface area contributed by atoms with Crippen LogP contribution in [-0.2, 0) is 4.79 Å². The number of anilines is 1. The summed E-state index contributed by atoms with van der Waals surface area (Å²) >= 11 is 6.29. The van der Waals surface area contributed by atoms with Crippen LogP contribution in [-0.4, -0.2) is 22.9 Å². The zero-order chi connectivity index (χ0) is 34.9.